The summed E-state index contributed by atoms with van der Waals surface area (Å²) in [5.74, 6) is 0.196. The highest BCUT2D eigenvalue weighted by Gasteiger charge is 2.32. The van der Waals surface area contributed by atoms with Crippen molar-refractivity contribution >= 4 is 5.71 Å². The zero-order valence-corrected chi connectivity index (χ0v) is 9.04. The average Bonchev–Trinajstić information content (AvgIpc) is 2.28. The van der Waals surface area contributed by atoms with Gasteiger partial charge in [0.1, 0.15) is 12.9 Å². The molecule has 0 atom stereocenters. The van der Waals surface area contributed by atoms with Crippen molar-refractivity contribution in [1.82, 2.24) is 0 Å². The van der Waals surface area contributed by atoms with Crippen LogP contribution in [-0.2, 0) is 11.0 Å². The van der Waals surface area contributed by atoms with Crippen molar-refractivity contribution in [3.63, 3.8) is 0 Å². The molecule has 0 unspecified atom stereocenters. The zero-order chi connectivity index (χ0) is 12.5. The van der Waals surface area contributed by atoms with E-state index >= 15 is 0 Å². The van der Waals surface area contributed by atoms with Crippen LogP contribution >= 0.6 is 0 Å². The first kappa shape index (κ1) is 11.8. The highest BCUT2D eigenvalue weighted by molar-refractivity contribution is 6.03. The topological polar surface area (TPSA) is 30.8 Å². The summed E-state index contributed by atoms with van der Waals surface area (Å²) in [5, 5.41) is 3.77. The van der Waals surface area contributed by atoms with E-state index in [9.17, 15) is 13.2 Å². The second-order valence-electron chi connectivity index (χ2n) is 3.53. The van der Waals surface area contributed by atoms with Crippen molar-refractivity contribution in [1.29, 1.82) is 0 Å². The van der Waals surface area contributed by atoms with E-state index in [1.165, 1.54) is 13.2 Å². The molecular weight excluding hydrogens is 235 g/mol. The minimum Gasteiger partial charge on any atom is -0.492 e. The summed E-state index contributed by atoms with van der Waals surface area (Å²) in [6.45, 7) is 0.302. The lowest BCUT2D eigenvalue weighted by Crippen LogP contribution is -2.17. The normalized spacial score (nSPS) is 17.5. The molecule has 0 amide bonds. The molecule has 1 aliphatic rings. The Bertz CT molecular complexity index is 455. The molecule has 0 N–H and O–H groups in total. The van der Waals surface area contributed by atoms with Gasteiger partial charge in [-0.2, -0.15) is 13.2 Å². The summed E-state index contributed by atoms with van der Waals surface area (Å²) in [4.78, 5) is 4.65. The van der Waals surface area contributed by atoms with Gasteiger partial charge < -0.3 is 9.57 Å². The highest BCUT2D eigenvalue weighted by atomic mass is 19.4. The van der Waals surface area contributed by atoms with Crippen LogP contribution in [0.25, 0.3) is 0 Å². The van der Waals surface area contributed by atoms with E-state index in [1.54, 1.807) is 0 Å². The summed E-state index contributed by atoms with van der Waals surface area (Å²) in [7, 11) is 1.40. The number of rotatable bonds is 1. The van der Waals surface area contributed by atoms with E-state index in [4.69, 9.17) is 4.74 Å². The molecule has 0 bridgehead atoms. The smallest absolute Gasteiger partial charge is 0.416 e. The monoisotopic (exact) mass is 245 g/mol. The minimum atomic E-state index is -4.37. The third kappa shape index (κ3) is 2.35. The van der Waals surface area contributed by atoms with Crippen molar-refractivity contribution in [2.24, 2.45) is 5.16 Å². The SMILES string of the molecule is CO/N=C1\CCOc2cc(C(F)(F)F)ccc21. The number of oxime groups is 1. The lowest BCUT2D eigenvalue weighted by molar-refractivity contribution is -0.137. The molecule has 17 heavy (non-hydrogen) atoms. The Kier molecular flexibility index (Phi) is 2.95. The maximum Gasteiger partial charge on any atom is 0.416 e. The highest BCUT2D eigenvalue weighted by Crippen LogP contribution is 2.34. The van der Waals surface area contributed by atoms with Gasteiger partial charge in [-0.15, -0.1) is 0 Å². The molecule has 1 aliphatic heterocycles. The van der Waals surface area contributed by atoms with Crippen molar-refractivity contribution in [3.8, 4) is 5.75 Å². The Balaban J connectivity index is 2.44. The van der Waals surface area contributed by atoms with Gasteiger partial charge >= 0.3 is 6.18 Å². The molecule has 92 valence electrons. The first-order valence-electron chi connectivity index (χ1n) is 4.97. The van der Waals surface area contributed by atoms with E-state index in [1.807, 2.05) is 0 Å². The molecule has 6 heteroatoms. The second-order valence-corrected chi connectivity index (χ2v) is 3.53. The number of nitrogens with zero attached hydrogens (tertiary/aromatic N) is 1. The lowest BCUT2D eigenvalue weighted by atomic mass is 10.0. The largest absolute Gasteiger partial charge is 0.492 e. The molecule has 1 aromatic carbocycles. The standard InChI is InChI=1S/C11H10F3NO2/c1-16-15-9-4-5-17-10-6-7(11(12,13)14)2-3-8(9)10/h2-3,6H,4-5H2,1H3/b15-9+. The molecule has 0 fully saturated rings. The molecule has 0 radical (unpaired) electrons. The number of benzene rings is 1. The summed E-state index contributed by atoms with van der Waals surface area (Å²) in [6.07, 6.45) is -3.85. The van der Waals surface area contributed by atoms with Crippen molar-refractivity contribution in [2.75, 3.05) is 13.7 Å². The first-order chi connectivity index (χ1) is 8.02. The van der Waals surface area contributed by atoms with Crippen molar-refractivity contribution < 1.29 is 22.7 Å². The van der Waals surface area contributed by atoms with Crippen LogP contribution in [0.2, 0.25) is 0 Å². The Morgan fingerprint density at radius 1 is 1.35 bits per heavy atom. The lowest BCUT2D eigenvalue weighted by Gasteiger charge is -2.19. The van der Waals surface area contributed by atoms with E-state index in [0.717, 1.165) is 12.1 Å². The summed E-state index contributed by atoms with van der Waals surface area (Å²) < 4.78 is 42.7. The Morgan fingerprint density at radius 3 is 2.76 bits per heavy atom. The van der Waals surface area contributed by atoms with Gasteiger partial charge in [-0.3, -0.25) is 0 Å². The van der Waals surface area contributed by atoms with Crippen LogP contribution in [0, 0.1) is 0 Å². The van der Waals surface area contributed by atoms with E-state index < -0.39 is 11.7 Å². The third-order valence-electron chi connectivity index (χ3n) is 2.42. The Morgan fingerprint density at radius 2 is 2.12 bits per heavy atom. The third-order valence-corrected chi connectivity index (χ3v) is 2.42. The van der Waals surface area contributed by atoms with Gasteiger partial charge in [0.15, 0.2) is 0 Å². The zero-order valence-electron chi connectivity index (χ0n) is 9.04. The predicted molar refractivity (Wildman–Crippen MR) is 55.1 cm³/mol. The molecular formula is C11H10F3NO2. The quantitative estimate of drug-likeness (QED) is 0.712. The van der Waals surface area contributed by atoms with E-state index in [0.29, 0.717) is 24.3 Å². The molecule has 0 saturated heterocycles. The molecule has 3 nitrogen and oxygen atoms in total. The van der Waals surface area contributed by atoms with Gasteiger partial charge in [0.2, 0.25) is 0 Å². The van der Waals surface area contributed by atoms with Crippen LogP contribution < -0.4 is 4.74 Å². The van der Waals surface area contributed by atoms with Crippen LogP contribution in [0.1, 0.15) is 17.5 Å². The predicted octanol–water partition coefficient (Wildman–Crippen LogP) is 2.84. The number of hydrogen-bond donors (Lipinski definition) is 0. The number of halogens is 3. The summed E-state index contributed by atoms with van der Waals surface area (Å²) >= 11 is 0. The van der Waals surface area contributed by atoms with Gasteiger partial charge in [-0.1, -0.05) is 5.16 Å². The molecule has 2 rings (SSSR count). The summed E-state index contributed by atoms with van der Waals surface area (Å²) in [5.41, 5.74) is 0.420. The molecule has 0 saturated carbocycles. The molecule has 1 aromatic rings. The van der Waals surface area contributed by atoms with Crippen molar-refractivity contribution in [3.05, 3.63) is 29.3 Å². The van der Waals surface area contributed by atoms with Crippen LogP contribution in [-0.4, -0.2) is 19.4 Å². The van der Waals surface area contributed by atoms with E-state index in [-0.39, 0.29) is 5.75 Å². The Labute approximate surface area is 95.8 Å². The van der Waals surface area contributed by atoms with Crippen molar-refractivity contribution in [2.45, 2.75) is 12.6 Å². The summed E-state index contributed by atoms with van der Waals surface area (Å²) in [6, 6.07) is 3.35. The van der Waals surface area contributed by atoms with Gasteiger partial charge in [0, 0.05) is 12.0 Å². The van der Waals surface area contributed by atoms with Gasteiger partial charge in [0.25, 0.3) is 0 Å². The maximum absolute atomic E-state index is 12.5. The molecule has 0 aliphatic carbocycles. The maximum atomic E-state index is 12.5. The van der Waals surface area contributed by atoms with Crippen LogP contribution in [0.4, 0.5) is 13.2 Å². The number of fused-ring (bicyclic) bond motifs is 1. The fraction of sp³-hybridized carbons (Fsp3) is 0.364. The average molecular weight is 245 g/mol. The van der Waals surface area contributed by atoms with Crippen LogP contribution in [0.5, 0.6) is 5.75 Å². The molecule has 0 spiro atoms. The first-order valence-corrected chi connectivity index (χ1v) is 4.97. The fourth-order valence-electron chi connectivity index (χ4n) is 1.65. The second kappa shape index (κ2) is 4.27. The number of ether oxygens (including phenoxy) is 1. The van der Waals surface area contributed by atoms with Gasteiger partial charge in [0.05, 0.1) is 17.9 Å². The van der Waals surface area contributed by atoms with Gasteiger partial charge in [-0.25, -0.2) is 0 Å². The molecule has 0 aromatic heterocycles. The van der Waals surface area contributed by atoms with E-state index in [2.05, 4.69) is 9.99 Å². The van der Waals surface area contributed by atoms with Gasteiger partial charge in [-0.05, 0) is 18.2 Å². The Hall–Kier alpha value is -1.72. The number of alkyl halides is 3. The number of hydrogen-bond acceptors (Lipinski definition) is 3. The van der Waals surface area contributed by atoms with Crippen LogP contribution in [0.3, 0.4) is 0 Å². The minimum absolute atomic E-state index is 0.196. The van der Waals surface area contributed by atoms with Crippen LogP contribution in [0.15, 0.2) is 23.4 Å². The molecule has 1 heterocycles. The fourth-order valence-corrected chi connectivity index (χ4v) is 1.65.